The first kappa shape index (κ1) is 92.1. The number of carbonyl (C=O) groups is 4. The Labute approximate surface area is 575 Å². The predicted molar refractivity (Wildman–Crippen MR) is 381 cm³/mol. The summed E-state index contributed by atoms with van der Waals surface area (Å²) in [7, 11) is -9.91. The number of ether oxygens (including phenoxy) is 4. The van der Waals surface area contributed by atoms with Gasteiger partial charge in [-0.25, -0.2) is 9.13 Å². The molecular weight excluding hydrogens is 1230 g/mol. The van der Waals surface area contributed by atoms with Crippen LogP contribution < -0.4 is 0 Å². The van der Waals surface area contributed by atoms with E-state index in [0.717, 1.165) is 120 Å². The summed E-state index contributed by atoms with van der Waals surface area (Å²) in [6.07, 6.45) is 48.5. The van der Waals surface area contributed by atoms with Crippen LogP contribution in [0.1, 0.15) is 376 Å². The molecule has 0 saturated carbocycles. The quantitative estimate of drug-likeness (QED) is 0.0222. The van der Waals surface area contributed by atoms with Crippen LogP contribution in [-0.2, 0) is 65.4 Å². The first-order valence-electron chi connectivity index (χ1n) is 38.8. The predicted octanol–water partition coefficient (Wildman–Crippen LogP) is 21.7. The average Bonchev–Trinajstić information content (AvgIpc) is 1.21. The van der Waals surface area contributed by atoms with E-state index in [1.165, 1.54) is 173 Å². The maximum absolute atomic E-state index is 13.1. The lowest BCUT2D eigenvalue weighted by atomic mass is 9.99. The molecule has 17 nitrogen and oxygen atoms in total. The lowest BCUT2D eigenvalue weighted by Crippen LogP contribution is -2.30. The summed E-state index contributed by atoms with van der Waals surface area (Å²) in [6, 6.07) is 0. The number of esters is 4. The molecule has 19 heteroatoms. The van der Waals surface area contributed by atoms with Crippen LogP contribution in [0.2, 0.25) is 0 Å². The summed E-state index contributed by atoms with van der Waals surface area (Å²) in [6.45, 7) is 14.2. The second-order valence-electron chi connectivity index (χ2n) is 28.5. The van der Waals surface area contributed by atoms with Gasteiger partial charge in [-0.3, -0.25) is 37.3 Å². The topological polar surface area (TPSA) is 237 Å². The van der Waals surface area contributed by atoms with Crippen molar-refractivity contribution in [2.24, 2.45) is 23.7 Å². The van der Waals surface area contributed by atoms with Crippen LogP contribution in [0.15, 0.2) is 0 Å². The van der Waals surface area contributed by atoms with Gasteiger partial charge in [-0.2, -0.15) is 0 Å². The molecule has 7 atom stereocenters. The van der Waals surface area contributed by atoms with E-state index in [0.29, 0.717) is 25.7 Å². The van der Waals surface area contributed by atoms with Crippen LogP contribution >= 0.6 is 15.6 Å². The number of hydrogen-bond donors (Lipinski definition) is 3. The first-order valence-corrected chi connectivity index (χ1v) is 41.8. The normalized spacial score (nSPS) is 14.7. The van der Waals surface area contributed by atoms with Crippen LogP contribution in [0, 0.1) is 23.7 Å². The Hall–Kier alpha value is -1.94. The molecule has 0 aromatic heterocycles. The number of aliphatic hydroxyl groups is 1. The molecule has 0 rings (SSSR count). The molecule has 0 aromatic rings. The summed E-state index contributed by atoms with van der Waals surface area (Å²) in [5.74, 6) is 0.956. The minimum atomic E-state index is -4.96. The molecule has 0 saturated heterocycles. The fraction of sp³-hybridized carbons (Fsp3) is 0.947. The van der Waals surface area contributed by atoms with Gasteiger partial charge in [0.2, 0.25) is 0 Å². The van der Waals surface area contributed by atoms with Crippen LogP contribution in [0.25, 0.3) is 0 Å². The molecule has 0 fully saturated rings. The van der Waals surface area contributed by atoms with Crippen LogP contribution in [0.4, 0.5) is 0 Å². The zero-order valence-corrected chi connectivity index (χ0v) is 63.4. The molecule has 0 aliphatic rings. The van der Waals surface area contributed by atoms with Crippen molar-refractivity contribution >= 4 is 39.5 Å². The SMILES string of the molecule is CCC(C)CCCCCCCCCCCCC(=O)OC[C@H](COP(=O)(O)OC[C@@H](O)COP(=O)(O)OC[C@@H](COC(=O)CCCCCCCCC(C)CC)OC(=O)CCCCCCCCCCCC(C)C)OC(=O)CCCCCCCCCCCCCCCCCC(C)C. The Balaban J connectivity index is 5.25. The van der Waals surface area contributed by atoms with Crippen molar-refractivity contribution in [2.75, 3.05) is 39.6 Å². The Morgan fingerprint density at radius 1 is 0.298 bits per heavy atom. The highest BCUT2D eigenvalue weighted by Gasteiger charge is 2.30. The van der Waals surface area contributed by atoms with Gasteiger partial charge in [0.15, 0.2) is 12.2 Å². The Morgan fingerprint density at radius 3 is 0.755 bits per heavy atom. The van der Waals surface area contributed by atoms with Crippen molar-refractivity contribution in [3.8, 4) is 0 Å². The third-order valence-electron chi connectivity index (χ3n) is 18.0. The van der Waals surface area contributed by atoms with Gasteiger partial charge in [-0.1, -0.05) is 325 Å². The van der Waals surface area contributed by atoms with Gasteiger partial charge in [0.25, 0.3) is 0 Å². The molecule has 0 amide bonds. The number of hydrogen-bond acceptors (Lipinski definition) is 15. The van der Waals surface area contributed by atoms with Gasteiger partial charge in [-0.15, -0.1) is 0 Å². The van der Waals surface area contributed by atoms with E-state index in [9.17, 15) is 43.2 Å². The number of phosphoric ester groups is 2. The van der Waals surface area contributed by atoms with E-state index in [1.807, 2.05) is 0 Å². The minimum Gasteiger partial charge on any atom is -0.462 e. The molecule has 0 aromatic carbocycles. The standard InChI is InChI=1S/C75H146O17P2/c1-9-67(7)53-45-37-29-23-18-19-24-30-39-47-55-72(77)85-61-70(91-74(79)57-49-41-31-25-17-15-13-11-12-14-16-21-27-35-43-51-65(3)4)63-89-93(81,82)87-59-69(76)60-88-94(83,84)90-64-71(62-86-73(78)56-48-40-34-33-38-46-54-68(8)10-2)92-75(80)58-50-42-32-26-20-22-28-36-44-52-66(5)6/h65-71,76H,9-64H2,1-8H3,(H,81,82)(H,83,84)/t67?,68?,69-,70-,71-/m1/s1. The molecule has 558 valence electrons. The van der Waals surface area contributed by atoms with E-state index >= 15 is 0 Å². The molecule has 4 unspecified atom stereocenters. The average molecular weight is 1380 g/mol. The highest BCUT2D eigenvalue weighted by Crippen LogP contribution is 2.45. The number of rotatable bonds is 72. The van der Waals surface area contributed by atoms with Crippen molar-refractivity contribution < 1.29 is 80.2 Å². The van der Waals surface area contributed by atoms with Gasteiger partial charge < -0.3 is 33.8 Å². The number of phosphoric acid groups is 2. The molecular formula is C75H146O17P2. The van der Waals surface area contributed by atoms with E-state index in [1.54, 1.807) is 0 Å². The summed E-state index contributed by atoms with van der Waals surface area (Å²) in [5.41, 5.74) is 0. The fourth-order valence-corrected chi connectivity index (χ4v) is 12.9. The monoisotopic (exact) mass is 1380 g/mol. The van der Waals surface area contributed by atoms with Crippen LogP contribution in [0.5, 0.6) is 0 Å². The van der Waals surface area contributed by atoms with E-state index < -0.39 is 97.5 Å². The lowest BCUT2D eigenvalue weighted by molar-refractivity contribution is -0.161. The van der Waals surface area contributed by atoms with Crippen molar-refractivity contribution in [3.63, 3.8) is 0 Å². The van der Waals surface area contributed by atoms with Crippen molar-refractivity contribution in [1.29, 1.82) is 0 Å². The Bertz CT molecular complexity index is 1850. The van der Waals surface area contributed by atoms with E-state index in [2.05, 4.69) is 55.4 Å². The highest BCUT2D eigenvalue weighted by molar-refractivity contribution is 7.47. The van der Waals surface area contributed by atoms with Gasteiger partial charge in [0.1, 0.15) is 19.3 Å². The number of carbonyl (C=O) groups excluding carboxylic acids is 4. The number of unbranched alkanes of at least 4 members (excludes halogenated alkanes) is 36. The van der Waals surface area contributed by atoms with Crippen molar-refractivity contribution in [1.82, 2.24) is 0 Å². The van der Waals surface area contributed by atoms with E-state index in [4.69, 9.17) is 37.0 Å². The summed E-state index contributed by atoms with van der Waals surface area (Å²) < 4.78 is 68.5. The summed E-state index contributed by atoms with van der Waals surface area (Å²) in [5, 5.41) is 10.6. The molecule has 0 aliphatic heterocycles. The van der Waals surface area contributed by atoms with Crippen molar-refractivity contribution in [2.45, 2.75) is 395 Å². The molecule has 3 N–H and O–H groups in total. The van der Waals surface area contributed by atoms with Crippen molar-refractivity contribution in [3.05, 3.63) is 0 Å². The molecule has 0 radical (unpaired) electrons. The van der Waals surface area contributed by atoms with Crippen LogP contribution in [0.3, 0.4) is 0 Å². The molecule has 0 aliphatic carbocycles. The summed E-state index contributed by atoms with van der Waals surface area (Å²) in [4.78, 5) is 72.8. The van der Waals surface area contributed by atoms with Crippen LogP contribution in [-0.4, -0.2) is 96.7 Å². The zero-order valence-electron chi connectivity index (χ0n) is 61.6. The smallest absolute Gasteiger partial charge is 0.462 e. The minimum absolute atomic E-state index is 0.104. The molecule has 0 heterocycles. The third kappa shape index (κ3) is 66.0. The summed E-state index contributed by atoms with van der Waals surface area (Å²) >= 11 is 0. The van der Waals surface area contributed by atoms with E-state index in [-0.39, 0.29) is 25.7 Å². The molecule has 0 bridgehead atoms. The maximum Gasteiger partial charge on any atom is 0.472 e. The molecule has 0 spiro atoms. The first-order chi connectivity index (χ1) is 45.2. The fourth-order valence-electron chi connectivity index (χ4n) is 11.3. The second-order valence-corrected chi connectivity index (χ2v) is 31.4. The number of aliphatic hydroxyl groups excluding tert-OH is 1. The van der Waals surface area contributed by atoms with Gasteiger partial charge in [0.05, 0.1) is 26.4 Å². The lowest BCUT2D eigenvalue weighted by Gasteiger charge is -2.21. The van der Waals surface area contributed by atoms with Gasteiger partial charge in [0, 0.05) is 25.7 Å². The molecule has 94 heavy (non-hydrogen) atoms. The maximum atomic E-state index is 13.1. The van der Waals surface area contributed by atoms with Gasteiger partial charge in [-0.05, 0) is 49.4 Å². The van der Waals surface area contributed by atoms with Gasteiger partial charge >= 0.3 is 39.5 Å². The Morgan fingerprint density at radius 2 is 0.511 bits per heavy atom. The highest BCUT2D eigenvalue weighted by atomic mass is 31.2. The largest absolute Gasteiger partial charge is 0.472 e. The Kier molecular flexibility index (Phi) is 63.1. The third-order valence-corrected chi connectivity index (χ3v) is 19.9. The second kappa shape index (κ2) is 64.4. The zero-order chi connectivity index (χ0) is 69.6.